The molecule has 1 N–H and O–H groups in total. The molecule has 0 saturated carbocycles. The van der Waals surface area contributed by atoms with E-state index in [1.165, 1.54) is 5.56 Å². The summed E-state index contributed by atoms with van der Waals surface area (Å²) in [6, 6.07) is 8.49. The number of rotatable bonds is 5. The third kappa shape index (κ3) is 2.49. The fraction of sp³-hybridized carbons (Fsp3) is 0.500. The predicted molar refractivity (Wildman–Crippen MR) is 59.2 cm³/mol. The van der Waals surface area contributed by atoms with Crippen LogP contribution < -0.4 is 10.1 Å². The average Bonchev–Trinajstić information content (AvgIpc) is 2.68. The Labute approximate surface area is 90.4 Å². The average molecular weight is 207 g/mol. The molecule has 1 aromatic rings. The van der Waals surface area contributed by atoms with E-state index in [-0.39, 0.29) is 0 Å². The van der Waals surface area contributed by atoms with Crippen molar-refractivity contribution < 1.29 is 9.47 Å². The van der Waals surface area contributed by atoms with Crippen molar-refractivity contribution in [1.82, 2.24) is 5.32 Å². The van der Waals surface area contributed by atoms with Gasteiger partial charge in [0.25, 0.3) is 0 Å². The van der Waals surface area contributed by atoms with Crippen LogP contribution >= 0.6 is 0 Å². The van der Waals surface area contributed by atoms with Crippen molar-refractivity contribution in [3.63, 3.8) is 0 Å². The lowest BCUT2D eigenvalue weighted by molar-refractivity contribution is 0.145. The molecule has 1 aliphatic rings. The number of nitrogens with one attached hydrogen (secondary N) is 1. The van der Waals surface area contributed by atoms with Crippen molar-refractivity contribution in [2.75, 3.05) is 26.4 Å². The van der Waals surface area contributed by atoms with Gasteiger partial charge in [-0.2, -0.15) is 0 Å². The van der Waals surface area contributed by atoms with Gasteiger partial charge in [-0.15, -0.1) is 0 Å². The van der Waals surface area contributed by atoms with E-state index in [2.05, 4.69) is 11.4 Å². The predicted octanol–water partition coefficient (Wildman–Crippen LogP) is 1.75. The van der Waals surface area contributed by atoms with Gasteiger partial charge in [-0.3, -0.25) is 0 Å². The van der Waals surface area contributed by atoms with Crippen molar-refractivity contribution in [3.8, 4) is 5.75 Å². The Morgan fingerprint density at radius 2 is 2.33 bits per heavy atom. The number of para-hydroxylation sites is 1. The minimum Gasteiger partial charge on any atom is -0.491 e. The number of hydrogen-bond acceptors (Lipinski definition) is 3. The Morgan fingerprint density at radius 1 is 1.47 bits per heavy atom. The highest BCUT2D eigenvalue weighted by atomic mass is 16.5. The third-order valence-corrected chi connectivity index (χ3v) is 2.54. The first-order valence-corrected chi connectivity index (χ1v) is 5.44. The molecule has 0 radical (unpaired) electrons. The number of benzene rings is 1. The summed E-state index contributed by atoms with van der Waals surface area (Å²) in [5.74, 6) is 1.01. The van der Waals surface area contributed by atoms with E-state index in [0.29, 0.717) is 6.04 Å². The normalized spacial score (nSPS) is 18.6. The lowest BCUT2D eigenvalue weighted by Crippen LogP contribution is -2.26. The summed E-state index contributed by atoms with van der Waals surface area (Å²) in [6.45, 7) is 5.14. The summed E-state index contributed by atoms with van der Waals surface area (Å²) in [6.07, 6.45) is 0. The highest BCUT2D eigenvalue weighted by Gasteiger charge is 2.22. The van der Waals surface area contributed by atoms with Crippen LogP contribution in [0.3, 0.4) is 0 Å². The van der Waals surface area contributed by atoms with Crippen LogP contribution in [-0.2, 0) is 4.74 Å². The second kappa shape index (κ2) is 5.14. The second-order valence-corrected chi connectivity index (χ2v) is 3.55. The molecule has 0 bridgehead atoms. The van der Waals surface area contributed by atoms with Gasteiger partial charge in [0, 0.05) is 18.7 Å². The van der Waals surface area contributed by atoms with Crippen LogP contribution in [0.25, 0.3) is 0 Å². The van der Waals surface area contributed by atoms with Gasteiger partial charge < -0.3 is 14.8 Å². The van der Waals surface area contributed by atoms with Crippen LogP contribution in [-0.4, -0.2) is 26.4 Å². The van der Waals surface area contributed by atoms with E-state index < -0.39 is 0 Å². The van der Waals surface area contributed by atoms with E-state index >= 15 is 0 Å². The van der Waals surface area contributed by atoms with Gasteiger partial charge in [-0.25, -0.2) is 0 Å². The lowest BCUT2D eigenvalue weighted by atomic mass is 10.1. The number of hydrogen-bond donors (Lipinski definition) is 1. The molecule has 0 saturated heterocycles. The maximum absolute atomic E-state index is 5.56. The molecule has 0 fully saturated rings. The van der Waals surface area contributed by atoms with E-state index in [0.717, 1.165) is 32.1 Å². The zero-order chi connectivity index (χ0) is 10.5. The Balaban J connectivity index is 1.85. The third-order valence-electron chi connectivity index (χ3n) is 2.54. The topological polar surface area (TPSA) is 30.5 Å². The standard InChI is InChI=1S/C12H17NO2/c1-2-14-8-7-13-11-9-15-12-6-4-3-5-10(11)12/h3-6,11,13H,2,7-9H2,1H3. The molecule has 1 aliphatic heterocycles. The molecule has 15 heavy (non-hydrogen) atoms. The Kier molecular flexibility index (Phi) is 3.59. The maximum atomic E-state index is 5.56. The van der Waals surface area contributed by atoms with Gasteiger partial charge >= 0.3 is 0 Å². The lowest BCUT2D eigenvalue weighted by Gasteiger charge is -2.11. The minimum absolute atomic E-state index is 0.321. The van der Waals surface area contributed by atoms with Gasteiger partial charge in [0.2, 0.25) is 0 Å². The molecule has 2 rings (SSSR count). The molecule has 3 nitrogen and oxygen atoms in total. The highest BCUT2D eigenvalue weighted by molar-refractivity contribution is 5.39. The molecule has 0 aliphatic carbocycles. The summed E-state index contributed by atoms with van der Waals surface area (Å²) in [5.41, 5.74) is 1.26. The molecule has 1 atom stereocenters. The van der Waals surface area contributed by atoms with Crippen molar-refractivity contribution in [1.29, 1.82) is 0 Å². The Hall–Kier alpha value is -1.06. The molecule has 1 heterocycles. The molecular formula is C12H17NO2. The second-order valence-electron chi connectivity index (χ2n) is 3.55. The fourth-order valence-electron chi connectivity index (χ4n) is 1.78. The van der Waals surface area contributed by atoms with E-state index in [1.807, 2.05) is 25.1 Å². The molecule has 82 valence electrons. The summed E-state index contributed by atoms with van der Waals surface area (Å²) in [4.78, 5) is 0. The maximum Gasteiger partial charge on any atom is 0.124 e. The smallest absolute Gasteiger partial charge is 0.124 e. The van der Waals surface area contributed by atoms with Crippen LogP contribution in [0.4, 0.5) is 0 Å². The largest absolute Gasteiger partial charge is 0.491 e. The Bertz CT molecular complexity index is 314. The first kappa shape index (κ1) is 10.5. The first-order chi connectivity index (χ1) is 7.42. The molecule has 0 aromatic heterocycles. The first-order valence-electron chi connectivity index (χ1n) is 5.44. The van der Waals surface area contributed by atoms with E-state index in [9.17, 15) is 0 Å². The van der Waals surface area contributed by atoms with Crippen LogP contribution in [0, 0.1) is 0 Å². The minimum atomic E-state index is 0.321. The van der Waals surface area contributed by atoms with Crippen LogP contribution in [0.1, 0.15) is 18.5 Å². The summed E-state index contributed by atoms with van der Waals surface area (Å²) >= 11 is 0. The quantitative estimate of drug-likeness (QED) is 0.746. The van der Waals surface area contributed by atoms with Crippen molar-refractivity contribution in [3.05, 3.63) is 29.8 Å². The van der Waals surface area contributed by atoms with Gasteiger partial charge in [0.15, 0.2) is 0 Å². The van der Waals surface area contributed by atoms with Crippen molar-refractivity contribution in [2.24, 2.45) is 0 Å². The van der Waals surface area contributed by atoms with E-state index in [1.54, 1.807) is 0 Å². The zero-order valence-electron chi connectivity index (χ0n) is 9.03. The number of ether oxygens (including phenoxy) is 2. The van der Waals surface area contributed by atoms with Gasteiger partial charge in [0.05, 0.1) is 12.6 Å². The number of fused-ring (bicyclic) bond motifs is 1. The molecule has 1 aromatic carbocycles. The van der Waals surface area contributed by atoms with Gasteiger partial charge in [-0.1, -0.05) is 18.2 Å². The highest BCUT2D eigenvalue weighted by Crippen LogP contribution is 2.31. The van der Waals surface area contributed by atoms with E-state index in [4.69, 9.17) is 9.47 Å². The van der Waals surface area contributed by atoms with Gasteiger partial charge in [-0.05, 0) is 13.0 Å². The molecule has 3 heteroatoms. The fourth-order valence-corrected chi connectivity index (χ4v) is 1.78. The molecule has 0 spiro atoms. The molecule has 1 unspecified atom stereocenters. The Morgan fingerprint density at radius 3 is 3.20 bits per heavy atom. The van der Waals surface area contributed by atoms with Crippen LogP contribution in [0.15, 0.2) is 24.3 Å². The van der Waals surface area contributed by atoms with Crippen molar-refractivity contribution >= 4 is 0 Å². The summed E-state index contributed by atoms with van der Waals surface area (Å²) in [5, 5.41) is 3.42. The molecular weight excluding hydrogens is 190 g/mol. The van der Waals surface area contributed by atoms with Gasteiger partial charge in [0.1, 0.15) is 12.4 Å². The van der Waals surface area contributed by atoms with Crippen molar-refractivity contribution in [2.45, 2.75) is 13.0 Å². The van der Waals surface area contributed by atoms with Crippen LogP contribution in [0.2, 0.25) is 0 Å². The summed E-state index contributed by atoms with van der Waals surface area (Å²) < 4.78 is 10.8. The summed E-state index contributed by atoms with van der Waals surface area (Å²) in [7, 11) is 0. The molecule has 0 amide bonds. The zero-order valence-corrected chi connectivity index (χ0v) is 9.03. The van der Waals surface area contributed by atoms with Crippen LogP contribution in [0.5, 0.6) is 5.75 Å². The monoisotopic (exact) mass is 207 g/mol. The SMILES string of the molecule is CCOCCNC1COc2ccccc21.